The summed E-state index contributed by atoms with van der Waals surface area (Å²) in [6.07, 6.45) is 41.7. The molecule has 0 aromatic heterocycles. The van der Waals surface area contributed by atoms with Crippen molar-refractivity contribution in [3.63, 3.8) is 0 Å². The van der Waals surface area contributed by atoms with E-state index in [0.717, 1.165) is 41.4 Å². The summed E-state index contributed by atoms with van der Waals surface area (Å²) in [5, 5.41) is 24.5. The Labute approximate surface area is 286 Å². The molecule has 0 spiro atoms. The van der Waals surface area contributed by atoms with E-state index >= 15 is 0 Å². The van der Waals surface area contributed by atoms with Crippen LogP contribution in [0.4, 0.5) is 0 Å². The fraction of sp³-hybridized carbons (Fsp3) is 1.00. The molecule has 0 amide bonds. The van der Waals surface area contributed by atoms with Gasteiger partial charge in [0, 0.05) is 0 Å². The molecule has 0 aromatic carbocycles. The van der Waals surface area contributed by atoms with Crippen LogP contribution in [0, 0.1) is 65.1 Å². The summed E-state index contributed by atoms with van der Waals surface area (Å²) in [4.78, 5) is 0. The Bertz CT molecular complexity index is 713. The zero-order chi connectivity index (χ0) is 31.7. The minimum Gasteiger partial charge on any atom is -0.393 e. The van der Waals surface area contributed by atoms with Gasteiger partial charge in [-0.05, 0) is 97.2 Å². The summed E-state index contributed by atoms with van der Waals surface area (Å²) in [6, 6.07) is 0. The van der Waals surface area contributed by atoms with Crippen molar-refractivity contribution >= 4 is 0 Å². The maximum absolute atomic E-state index is 12.2. The van der Waals surface area contributed by atoms with Crippen LogP contribution in [0.25, 0.3) is 0 Å². The molecule has 0 saturated heterocycles. The maximum Gasteiger partial charge on any atom is 0.0602 e. The van der Waals surface area contributed by atoms with E-state index in [4.69, 9.17) is 0 Å². The molecule has 266 valence electrons. The van der Waals surface area contributed by atoms with Crippen molar-refractivity contribution in [2.75, 3.05) is 0 Å². The standard InChI is InChI=1S/C44H78O2/c1-2-3-4-5-18-27-38(36-28-39(32-19-10-6-11-20-32)43(45)40(29-36)33-21-12-7-13-22-33)37-30-41(34-23-14-8-15-24-34)44(46)42(31-37)35-25-16-9-17-26-35/h32-46H,2-31H2,1H3. The van der Waals surface area contributed by atoms with Gasteiger partial charge in [-0.1, -0.05) is 167 Å². The molecular weight excluding hydrogens is 560 g/mol. The molecule has 6 saturated carbocycles. The van der Waals surface area contributed by atoms with E-state index < -0.39 is 0 Å². The van der Waals surface area contributed by atoms with Gasteiger partial charge in [0.2, 0.25) is 0 Å². The van der Waals surface area contributed by atoms with Crippen LogP contribution in [-0.4, -0.2) is 22.4 Å². The lowest BCUT2D eigenvalue weighted by Crippen LogP contribution is -2.49. The highest BCUT2D eigenvalue weighted by Gasteiger charge is 2.50. The molecule has 46 heavy (non-hydrogen) atoms. The van der Waals surface area contributed by atoms with E-state index in [2.05, 4.69) is 6.92 Å². The molecule has 6 aliphatic rings. The third kappa shape index (κ3) is 8.98. The van der Waals surface area contributed by atoms with Crippen molar-refractivity contribution < 1.29 is 10.2 Å². The van der Waals surface area contributed by atoms with Crippen molar-refractivity contribution in [1.29, 1.82) is 0 Å². The van der Waals surface area contributed by atoms with E-state index in [1.807, 2.05) is 0 Å². The van der Waals surface area contributed by atoms with E-state index in [9.17, 15) is 10.2 Å². The molecule has 2 heteroatoms. The van der Waals surface area contributed by atoms with Crippen LogP contribution in [0.1, 0.15) is 200 Å². The average Bonchev–Trinajstić information content (AvgIpc) is 3.12. The van der Waals surface area contributed by atoms with Crippen LogP contribution in [-0.2, 0) is 0 Å². The van der Waals surface area contributed by atoms with Gasteiger partial charge in [-0.25, -0.2) is 0 Å². The lowest BCUT2D eigenvalue weighted by Gasteiger charge is -2.53. The Hall–Kier alpha value is -0.0800. The molecule has 4 unspecified atom stereocenters. The molecule has 6 rings (SSSR count). The summed E-state index contributed by atoms with van der Waals surface area (Å²) in [6.45, 7) is 2.36. The number of aliphatic hydroxyl groups excluding tert-OH is 2. The molecule has 6 fully saturated rings. The third-order valence-electron chi connectivity index (χ3n) is 15.9. The second-order valence-corrected chi connectivity index (χ2v) is 18.6. The molecule has 2 nitrogen and oxygen atoms in total. The number of rotatable bonds is 12. The van der Waals surface area contributed by atoms with Gasteiger partial charge in [0.15, 0.2) is 0 Å². The van der Waals surface area contributed by atoms with Crippen molar-refractivity contribution in [3.8, 4) is 0 Å². The highest BCUT2D eigenvalue weighted by atomic mass is 16.3. The second kappa shape index (κ2) is 18.2. The Balaban J connectivity index is 1.28. The van der Waals surface area contributed by atoms with E-state index in [1.165, 1.54) is 193 Å². The largest absolute Gasteiger partial charge is 0.393 e. The Morgan fingerprint density at radius 3 is 1.02 bits per heavy atom. The Morgan fingerprint density at radius 1 is 0.413 bits per heavy atom. The molecular formula is C44H78O2. The average molecular weight is 639 g/mol. The predicted octanol–water partition coefficient (Wildman–Crippen LogP) is 12.3. The number of unbranched alkanes of at least 4 members (excludes halogenated alkanes) is 4. The van der Waals surface area contributed by atoms with Crippen molar-refractivity contribution in [2.24, 2.45) is 65.1 Å². The van der Waals surface area contributed by atoms with Crippen LogP contribution in [0.5, 0.6) is 0 Å². The zero-order valence-electron chi connectivity index (χ0n) is 30.6. The first-order chi connectivity index (χ1) is 22.6. The Kier molecular flexibility index (Phi) is 14.2. The molecule has 4 atom stereocenters. The molecule has 0 aliphatic heterocycles. The maximum atomic E-state index is 12.2. The van der Waals surface area contributed by atoms with Crippen LogP contribution < -0.4 is 0 Å². The zero-order valence-corrected chi connectivity index (χ0v) is 30.6. The van der Waals surface area contributed by atoms with Crippen LogP contribution in [0.15, 0.2) is 0 Å². The van der Waals surface area contributed by atoms with Gasteiger partial charge in [-0.2, -0.15) is 0 Å². The van der Waals surface area contributed by atoms with Crippen LogP contribution in [0.2, 0.25) is 0 Å². The number of hydrogen-bond acceptors (Lipinski definition) is 2. The van der Waals surface area contributed by atoms with Crippen molar-refractivity contribution in [2.45, 2.75) is 212 Å². The fourth-order valence-electron chi connectivity index (χ4n) is 13.5. The molecule has 0 heterocycles. The highest BCUT2D eigenvalue weighted by molar-refractivity contribution is 5.00. The molecule has 0 bridgehead atoms. The first-order valence-electron chi connectivity index (χ1n) is 22.0. The minimum absolute atomic E-state index is 0.0363. The summed E-state index contributed by atoms with van der Waals surface area (Å²) < 4.78 is 0. The second-order valence-electron chi connectivity index (χ2n) is 18.6. The lowest BCUT2D eigenvalue weighted by atomic mass is 9.54. The number of aliphatic hydroxyl groups is 2. The Morgan fingerprint density at radius 2 is 0.717 bits per heavy atom. The first kappa shape index (κ1) is 35.7. The monoisotopic (exact) mass is 639 g/mol. The molecule has 6 aliphatic carbocycles. The molecule has 0 aromatic rings. The van der Waals surface area contributed by atoms with E-state index in [-0.39, 0.29) is 12.2 Å². The molecule has 0 radical (unpaired) electrons. The number of hydrogen-bond donors (Lipinski definition) is 2. The van der Waals surface area contributed by atoms with Crippen molar-refractivity contribution in [1.82, 2.24) is 0 Å². The van der Waals surface area contributed by atoms with Gasteiger partial charge in [0.25, 0.3) is 0 Å². The minimum atomic E-state index is -0.0363. The predicted molar refractivity (Wildman–Crippen MR) is 195 cm³/mol. The lowest BCUT2D eigenvalue weighted by molar-refractivity contribution is -0.100. The summed E-state index contributed by atoms with van der Waals surface area (Å²) in [5.41, 5.74) is 0. The van der Waals surface area contributed by atoms with Crippen LogP contribution >= 0.6 is 0 Å². The van der Waals surface area contributed by atoms with Gasteiger partial charge < -0.3 is 10.2 Å². The van der Waals surface area contributed by atoms with Crippen molar-refractivity contribution in [3.05, 3.63) is 0 Å². The highest BCUT2D eigenvalue weighted by Crippen LogP contribution is 2.55. The topological polar surface area (TPSA) is 40.5 Å². The van der Waals surface area contributed by atoms with Gasteiger partial charge in [0.05, 0.1) is 12.2 Å². The summed E-state index contributed by atoms with van der Waals surface area (Å²) >= 11 is 0. The SMILES string of the molecule is CCCCCCCC(C1CC(C2CCCCC2)C(O)C(C2CCCCC2)C1)C1CC(C2CCCCC2)C(O)C(C2CCCCC2)C1. The van der Waals surface area contributed by atoms with Gasteiger partial charge in [-0.15, -0.1) is 0 Å². The van der Waals surface area contributed by atoms with Gasteiger partial charge in [-0.3, -0.25) is 0 Å². The summed E-state index contributed by atoms with van der Waals surface area (Å²) in [5.74, 6) is 7.81. The molecule has 2 N–H and O–H groups in total. The van der Waals surface area contributed by atoms with Crippen LogP contribution in [0.3, 0.4) is 0 Å². The van der Waals surface area contributed by atoms with E-state index in [1.54, 1.807) is 0 Å². The first-order valence-corrected chi connectivity index (χ1v) is 22.0. The van der Waals surface area contributed by atoms with Gasteiger partial charge >= 0.3 is 0 Å². The smallest absolute Gasteiger partial charge is 0.0602 e. The van der Waals surface area contributed by atoms with E-state index in [0.29, 0.717) is 23.7 Å². The quantitative estimate of drug-likeness (QED) is 0.209. The summed E-state index contributed by atoms with van der Waals surface area (Å²) in [7, 11) is 0. The fourth-order valence-corrected chi connectivity index (χ4v) is 13.5. The van der Waals surface area contributed by atoms with Gasteiger partial charge in [0.1, 0.15) is 0 Å². The normalized spacial score (nSPS) is 38.9. The third-order valence-corrected chi connectivity index (χ3v) is 15.9.